The molecule has 2 aromatic rings. The number of benzene rings is 2. The first-order valence-corrected chi connectivity index (χ1v) is 6.67. The molecule has 0 saturated carbocycles. The number of para-hydroxylation sites is 1. The molecular formula is C16H19N3O. The largest absolute Gasteiger partial charge is 0.326 e. The minimum atomic E-state index is -0.140. The predicted octanol–water partition coefficient (Wildman–Crippen LogP) is 3.20. The zero-order valence-corrected chi connectivity index (χ0v) is 11.5. The third kappa shape index (κ3) is 3.36. The van der Waals surface area contributed by atoms with Crippen molar-refractivity contribution in [2.24, 2.45) is 5.73 Å². The molecule has 0 aliphatic rings. The monoisotopic (exact) mass is 269 g/mol. The summed E-state index contributed by atoms with van der Waals surface area (Å²) in [4.78, 5) is 14.0. The topological polar surface area (TPSA) is 58.4 Å². The average molecular weight is 269 g/mol. The Hall–Kier alpha value is -2.33. The smallest absolute Gasteiger partial charge is 0.326 e. The Labute approximate surface area is 119 Å². The Balaban J connectivity index is 2.09. The molecule has 0 radical (unpaired) electrons. The van der Waals surface area contributed by atoms with Crippen molar-refractivity contribution >= 4 is 17.4 Å². The number of amides is 2. The van der Waals surface area contributed by atoms with E-state index in [1.165, 1.54) is 0 Å². The molecule has 104 valence electrons. The maximum absolute atomic E-state index is 12.3. The fraction of sp³-hybridized carbons (Fsp3) is 0.188. The number of hydrogen-bond donors (Lipinski definition) is 2. The second-order valence-corrected chi connectivity index (χ2v) is 4.41. The maximum atomic E-state index is 12.3. The van der Waals surface area contributed by atoms with Crippen LogP contribution in [-0.2, 0) is 6.54 Å². The SMILES string of the molecule is CCN(C(=O)Nc1ccc(CN)cc1)c1ccccc1. The third-order valence-corrected chi connectivity index (χ3v) is 3.07. The van der Waals surface area contributed by atoms with Crippen molar-refractivity contribution in [2.45, 2.75) is 13.5 Å². The van der Waals surface area contributed by atoms with E-state index in [4.69, 9.17) is 5.73 Å². The standard InChI is InChI=1S/C16H19N3O/c1-2-19(15-6-4-3-5-7-15)16(20)18-14-10-8-13(12-17)9-11-14/h3-11H,2,12,17H2,1H3,(H,18,20). The molecule has 4 nitrogen and oxygen atoms in total. The average Bonchev–Trinajstić information content (AvgIpc) is 2.50. The summed E-state index contributed by atoms with van der Waals surface area (Å²) in [7, 11) is 0. The predicted molar refractivity (Wildman–Crippen MR) is 82.8 cm³/mol. The van der Waals surface area contributed by atoms with E-state index < -0.39 is 0 Å². The molecule has 0 aliphatic heterocycles. The van der Waals surface area contributed by atoms with Crippen LogP contribution in [0.4, 0.5) is 16.2 Å². The molecule has 0 unspecified atom stereocenters. The van der Waals surface area contributed by atoms with E-state index >= 15 is 0 Å². The van der Waals surface area contributed by atoms with Gasteiger partial charge in [0, 0.05) is 24.5 Å². The van der Waals surface area contributed by atoms with Crippen molar-refractivity contribution in [2.75, 3.05) is 16.8 Å². The number of urea groups is 1. The molecule has 20 heavy (non-hydrogen) atoms. The van der Waals surface area contributed by atoms with Crippen LogP contribution < -0.4 is 16.0 Å². The molecule has 0 spiro atoms. The Morgan fingerprint density at radius 3 is 2.30 bits per heavy atom. The lowest BCUT2D eigenvalue weighted by atomic mass is 10.2. The molecule has 2 rings (SSSR count). The van der Waals surface area contributed by atoms with E-state index in [2.05, 4.69) is 5.32 Å². The molecule has 0 bridgehead atoms. The van der Waals surface area contributed by atoms with Gasteiger partial charge in [0.25, 0.3) is 0 Å². The van der Waals surface area contributed by atoms with Gasteiger partial charge in [0.2, 0.25) is 0 Å². The second-order valence-electron chi connectivity index (χ2n) is 4.41. The molecule has 0 atom stereocenters. The second kappa shape index (κ2) is 6.73. The van der Waals surface area contributed by atoms with Crippen LogP contribution in [0.15, 0.2) is 54.6 Å². The zero-order valence-electron chi connectivity index (χ0n) is 11.5. The number of anilines is 2. The molecule has 0 aromatic heterocycles. The van der Waals surface area contributed by atoms with E-state index in [9.17, 15) is 4.79 Å². The lowest BCUT2D eigenvalue weighted by molar-refractivity contribution is 0.257. The van der Waals surface area contributed by atoms with Crippen LogP contribution in [0.25, 0.3) is 0 Å². The fourth-order valence-corrected chi connectivity index (χ4v) is 1.97. The highest BCUT2D eigenvalue weighted by Crippen LogP contribution is 2.16. The van der Waals surface area contributed by atoms with Gasteiger partial charge in [-0.25, -0.2) is 4.79 Å². The van der Waals surface area contributed by atoms with Crippen molar-refractivity contribution in [1.82, 2.24) is 0 Å². The van der Waals surface area contributed by atoms with Gasteiger partial charge in [0.05, 0.1) is 0 Å². The summed E-state index contributed by atoms with van der Waals surface area (Å²) in [5, 5.41) is 2.89. The van der Waals surface area contributed by atoms with Crippen molar-refractivity contribution < 1.29 is 4.79 Å². The van der Waals surface area contributed by atoms with Crippen LogP contribution in [0.2, 0.25) is 0 Å². The minimum absolute atomic E-state index is 0.140. The molecule has 0 aliphatic carbocycles. The van der Waals surface area contributed by atoms with Gasteiger partial charge in [-0.15, -0.1) is 0 Å². The molecule has 2 amide bonds. The fourth-order valence-electron chi connectivity index (χ4n) is 1.97. The van der Waals surface area contributed by atoms with E-state index in [1.54, 1.807) is 4.90 Å². The summed E-state index contributed by atoms with van der Waals surface area (Å²) in [6, 6.07) is 17.0. The molecule has 2 aromatic carbocycles. The van der Waals surface area contributed by atoms with Crippen LogP contribution in [0, 0.1) is 0 Å². The van der Waals surface area contributed by atoms with Gasteiger partial charge in [-0.05, 0) is 36.8 Å². The number of carbonyl (C=O) groups excluding carboxylic acids is 1. The normalized spacial score (nSPS) is 10.1. The van der Waals surface area contributed by atoms with E-state index in [-0.39, 0.29) is 6.03 Å². The van der Waals surface area contributed by atoms with Gasteiger partial charge in [0.1, 0.15) is 0 Å². The molecule has 0 fully saturated rings. The summed E-state index contributed by atoms with van der Waals surface area (Å²) >= 11 is 0. The Kier molecular flexibility index (Phi) is 4.74. The lowest BCUT2D eigenvalue weighted by Gasteiger charge is -2.21. The molecule has 0 saturated heterocycles. The highest BCUT2D eigenvalue weighted by molar-refractivity contribution is 6.01. The number of nitrogens with zero attached hydrogens (tertiary/aromatic N) is 1. The summed E-state index contributed by atoms with van der Waals surface area (Å²) in [5.74, 6) is 0. The van der Waals surface area contributed by atoms with Gasteiger partial charge in [-0.1, -0.05) is 30.3 Å². The van der Waals surface area contributed by atoms with Crippen molar-refractivity contribution in [3.63, 3.8) is 0 Å². The van der Waals surface area contributed by atoms with Crippen LogP contribution in [0.1, 0.15) is 12.5 Å². The van der Waals surface area contributed by atoms with Gasteiger partial charge in [-0.2, -0.15) is 0 Å². The Morgan fingerprint density at radius 2 is 1.75 bits per heavy atom. The van der Waals surface area contributed by atoms with Crippen molar-refractivity contribution in [3.05, 3.63) is 60.2 Å². The third-order valence-electron chi connectivity index (χ3n) is 3.07. The summed E-state index contributed by atoms with van der Waals surface area (Å²) in [5.41, 5.74) is 8.24. The van der Waals surface area contributed by atoms with E-state index in [0.717, 1.165) is 16.9 Å². The number of nitrogens with two attached hydrogens (primary N) is 1. The van der Waals surface area contributed by atoms with Gasteiger partial charge in [-0.3, -0.25) is 4.90 Å². The maximum Gasteiger partial charge on any atom is 0.326 e. The van der Waals surface area contributed by atoms with Gasteiger partial charge < -0.3 is 11.1 Å². The summed E-state index contributed by atoms with van der Waals surface area (Å²) < 4.78 is 0. The lowest BCUT2D eigenvalue weighted by Crippen LogP contribution is -2.34. The van der Waals surface area contributed by atoms with E-state index in [1.807, 2.05) is 61.5 Å². The van der Waals surface area contributed by atoms with Crippen molar-refractivity contribution in [3.8, 4) is 0 Å². The van der Waals surface area contributed by atoms with Gasteiger partial charge >= 0.3 is 6.03 Å². The van der Waals surface area contributed by atoms with Crippen LogP contribution >= 0.6 is 0 Å². The first-order chi connectivity index (χ1) is 9.74. The number of rotatable bonds is 4. The van der Waals surface area contributed by atoms with E-state index in [0.29, 0.717) is 13.1 Å². The first kappa shape index (κ1) is 14.1. The number of carbonyl (C=O) groups is 1. The number of nitrogens with one attached hydrogen (secondary N) is 1. The van der Waals surface area contributed by atoms with Crippen molar-refractivity contribution in [1.29, 1.82) is 0 Å². The Bertz CT molecular complexity index is 552. The number of hydrogen-bond acceptors (Lipinski definition) is 2. The first-order valence-electron chi connectivity index (χ1n) is 6.67. The highest BCUT2D eigenvalue weighted by Gasteiger charge is 2.13. The highest BCUT2D eigenvalue weighted by atomic mass is 16.2. The van der Waals surface area contributed by atoms with Crippen LogP contribution in [0.3, 0.4) is 0 Å². The Morgan fingerprint density at radius 1 is 1.10 bits per heavy atom. The zero-order chi connectivity index (χ0) is 14.4. The molecule has 0 heterocycles. The molecule has 3 N–H and O–H groups in total. The quantitative estimate of drug-likeness (QED) is 0.895. The molecular weight excluding hydrogens is 250 g/mol. The van der Waals surface area contributed by atoms with Gasteiger partial charge in [0.15, 0.2) is 0 Å². The van der Waals surface area contributed by atoms with Crippen LogP contribution in [0.5, 0.6) is 0 Å². The summed E-state index contributed by atoms with van der Waals surface area (Å²) in [6.45, 7) is 3.06. The minimum Gasteiger partial charge on any atom is -0.326 e. The molecule has 4 heteroatoms. The van der Waals surface area contributed by atoms with Crippen LogP contribution in [-0.4, -0.2) is 12.6 Å². The summed E-state index contributed by atoms with van der Waals surface area (Å²) in [6.07, 6.45) is 0.